The molecule has 3 heteroatoms. The number of hydrogen-bond donors (Lipinski definition) is 1. The van der Waals surface area contributed by atoms with E-state index in [-0.39, 0.29) is 6.10 Å². The van der Waals surface area contributed by atoms with Gasteiger partial charge in [0, 0.05) is 0 Å². The van der Waals surface area contributed by atoms with E-state index < -0.39 is 0 Å². The normalized spacial score (nSPS) is 16.6. The standard InChI is InChI=1S/C17H16N2O/c1-11-6-12(2)17-15(7-11)19-10-16(20-17)14-5-3-4-13(8-14)9-18/h3-8,16,19H,10H2,1-2H3. The molecule has 3 nitrogen and oxygen atoms in total. The number of nitrogens with one attached hydrogen (secondary N) is 1. The largest absolute Gasteiger partial charge is 0.481 e. The zero-order chi connectivity index (χ0) is 14.1. The van der Waals surface area contributed by atoms with Crippen LogP contribution in [0.3, 0.4) is 0 Å². The van der Waals surface area contributed by atoms with Gasteiger partial charge in [0.05, 0.1) is 23.9 Å². The van der Waals surface area contributed by atoms with Crippen LogP contribution < -0.4 is 10.1 Å². The van der Waals surface area contributed by atoms with E-state index in [0.717, 1.165) is 22.6 Å². The van der Waals surface area contributed by atoms with Gasteiger partial charge in [0.25, 0.3) is 0 Å². The molecule has 0 saturated carbocycles. The Morgan fingerprint density at radius 2 is 2.10 bits per heavy atom. The van der Waals surface area contributed by atoms with Crippen molar-refractivity contribution in [3.63, 3.8) is 0 Å². The van der Waals surface area contributed by atoms with Crippen molar-refractivity contribution in [3.8, 4) is 11.8 Å². The lowest BCUT2D eigenvalue weighted by Gasteiger charge is -2.29. The molecule has 100 valence electrons. The summed E-state index contributed by atoms with van der Waals surface area (Å²) in [6.07, 6.45) is -0.0581. The molecular weight excluding hydrogens is 248 g/mol. The molecule has 1 aliphatic rings. The third-order valence-electron chi connectivity index (χ3n) is 3.54. The molecule has 0 aromatic heterocycles. The van der Waals surface area contributed by atoms with Crippen molar-refractivity contribution in [1.29, 1.82) is 5.26 Å². The molecule has 0 saturated heterocycles. The summed E-state index contributed by atoms with van der Waals surface area (Å²) in [7, 11) is 0. The molecule has 1 heterocycles. The lowest BCUT2D eigenvalue weighted by Crippen LogP contribution is -2.24. The van der Waals surface area contributed by atoms with Crippen molar-refractivity contribution in [1.82, 2.24) is 0 Å². The van der Waals surface area contributed by atoms with E-state index in [1.807, 2.05) is 24.3 Å². The van der Waals surface area contributed by atoms with Gasteiger partial charge < -0.3 is 10.1 Å². The Labute approximate surface area is 118 Å². The van der Waals surface area contributed by atoms with Gasteiger partial charge in [-0.2, -0.15) is 5.26 Å². The van der Waals surface area contributed by atoms with Crippen molar-refractivity contribution in [2.24, 2.45) is 0 Å². The van der Waals surface area contributed by atoms with E-state index in [2.05, 4.69) is 37.4 Å². The average Bonchev–Trinajstić information content (AvgIpc) is 2.47. The Morgan fingerprint density at radius 1 is 1.25 bits per heavy atom. The maximum Gasteiger partial charge on any atom is 0.146 e. The second kappa shape index (κ2) is 4.90. The van der Waals surface area contributed by atoms with Gasteiger partial charge in [-0.25, -0.2) is 0 Å². The number of benzene rings is 2. The molecule has 2 aromatic rings. The summed E-state index contributed by atoms with van der Waals surface area (Å²) in [6.45, 7) is 4.85. The minimum Gasteiger partial charge on any atom is -0.481 e. The summed E-state index contributed by atoms with van der Waals surface area (Å²) in [4.78, 5) is 0. The van der Waals surface area contributed by atoms with E-state index in [1.165, 1.54) is 5.56 Å². The minimum absolute atomic E-state index is 0.0581. The van der Waals surface area contributed by atoms with Crippen LogP contribution in [0.4, 0.5) is 5.69 Å². The third-order valence-corrected chi connectivity index (χ3v) is 3.54. The number of nitrogens with zero attached hydrogens (tertiary/aromatic N) is 1. The third kappa shape index (κ3) is 2.21. The van der Waals surface area contributed by atoms with E-state index >= 15 is 0 Å². The lowest BCUT2D eigenvalue weighted by molar-refractivity contribution is 0.209. The monoisotopic (exact) mass is 264 g/mol. The molecule has 0 aliphatic carbocycles. The molecule has 1 unspecified atom stereocenters. The number of rotatable bonds is 1. The summed E-state index contributed by atoms with van der Waals surface area (Å²) in [5.41, 5.74) is 5.10. The quantitative estimate of drug-likeness (QED) is 0.853. The first-order chi connectivity index (χ1) is 9.67. The molecule has 1 aliphatic heterocycles. The fourth-order valence-electron chi connectivity index (χ4n) is 2.62. The van der Waals surface area contributed by atoms with Crippen LogP contribution in [0.5, 0.6) is 5.75 Å². The highest BCUT2D eigenvalue weighted by Gasteiger charge is 2.22. The first kappa shape index (κ1) is 12.6. The van der Waals surface area contributed by atoms with Crippen molar-refractivity contribution >= 4 is 5.69 Å². The zero-order valence-corrected chi connectivity index (χ0v) is 11.6. The SMILES string of the molecule is Cc1cc(C)c2c(c1)NCC(c1cccc(C#N)c1)O2. The molecular formula is C17H16N2O. The highest BCUT2D eigenvalue weighted by Crippen LogP contribution is 2.37. The summed E-state index contributed by atoms with van der Waals surface area (Å²) in [5, 5.41) is 12.4. The Balaban J connectivity index is 1.94. The summed E-state index contributed by atoms with van der Waals surface area (Å²) in [5.74, 6) is 0.911. The van der Waals surface area contributed by atoms with E-state index in [4.69, 9.17) is 10.00 Å². The van der Waals surface area contributed by atoms with E-state index in [1.54, 1.807) is 0 Å². The maximum atomic E-state index is 8.99. The number of hydrogen-bond acceptors (Lipinski definition) is 3. The Kier molecular flexibility index (Phi) is 3.08. The van der Waals surface area contributed by atoms with Crippen LogP contribution >= 0.6 is 0 Å². The van der Waals surface area contributed by atoms with Gasteiger partial charge in [0.15, 0.2) is 0 Å². The second-order valence-corrected chi connectivity index (χ2v) is 5.18. The van der Waals surface area contributed by atoms with Crippen LogP contribution in [-0.4, -0.2) is 6.54 Å². The fraction of sp³-hybridized carbons (Fsp3) is 0.235. The van der Waals surface area contributed by atoms with Gasteiger partial charge in [-0.15, -0.1) is 0 Å². The molecule has 1 N–H and O–H groups in total. The average molecular weight is 264 g/mol. The van der Waals surface area contributed by atoms with Crippen LogP contribution in [0.1, 0.15) is 28.4 Å². The molecule has 3 rings (SSSR count). The number of aryl methyl sites for hydroxylation is 2. The Bertz CT molecular complexity index is 701. The van der Waals surface area contributed by atoms with E-state index in [0.29, 0.717) is 12.1 Å². The van der Waals surface area contributed by atoms with Gasteiger partial charge >= 0.3 is 0 Å². The predicted molar refractivity (Wildman–Crippen MR) is 78.9 cm³/mol. The van der Waals surface area contributed by atoms with Gasteiger partial charge in [0.2, 0.25) is 0 Å². The molecule has 0 amide bonds. The van der Waals surface area contributed by atoms with Gasteiger partial charge in [0.1, 0.15) is 11.9 Å². The molecule has 0 fully saturated rings. The molecule has 2 aromatic carbocycles. The molecule has 0 spiro atoms. The zero-order valence-electron chi connectivity index (χ0n) is 11.6. The van der Waals surface area contributed by atoms with Gasteiger partial charge in [-0.3, -0.25) is 0 Å². The molecule has 0 bridgehead atoms. The van der Waals surface area contributed by atoms with Crippen LogP contribution in [-0.2, 0) is 0 Å². The van der Waals surface area contributed by atoms with Crippen LogP contribution in [0, 0.1) is 25.2 Å². The van der Waals surface area contributed by atoms with E-state index in [9.17, 15) is 0 Å². The number of anilines is 1. The predicted octanol–water partition coefficient (Wildman–Crippen LogP) is 3.72. The number of nitriles is 1. The van der Waals surface area contributed by atoms with Crippen molar-refractivity contribution in [3.05, 3.63) is 58.7 Å². The van der Waals surface area contributed by atoms with Gasteiger partial charge in [-0.05, 0) is 48.7 Å². The van der Waals surface area contributed by atoms with Crippen LogP contribution in [0.25, 0.3) is 0 Å². The lowest BCUT2D eigenvalue weighted by atomic mass is 10.0. The first-order valence-corrected chi connectivity index (χ1v) is 6.69. The van der Waals surface area contributed by atoms with Crippen molar-refractivity contribution < 1.29 is 4.74 Å². The second-order valence-electron chi connectivity index (χ2n) is 5.18. The van der Waals surface area contributed by atoms with Crippen molar-refractivity contribution in [2.75, 3.05) is 11.9 Å². The smallest absolute Gasteiger partial charge is 0.146 e. The first-order valence-electron chi connectivity index (χ1n) is 6.69. The summed E-state index contributed by atoms with van der Waals surface area (Å²) in [6, 6.07) is 14.0. The number of ether oxygens (including phenoxy) is 1. The summed E-state index contributed by atoms with van der Waals surface area (Å²) >= 11 is 0. The highest BCUT2D eigenvalue weighted by molar-refractivity contribution is 5.63. The molecule has 20 heavy (non-hydrogen) atoms. The van der Waals surface area contributed by atoms with Gasteiger partial charge in [-0.1, -0.05) is 18.2 Å². The summed E-state index contributed by atoms with van der Waals surface area (Å²) < 4.78 is 6.13. The highest BCUT2D eigenvalue weighted by atomic mass is 16.5. The van der Waals surface area contributed by atoms with Crippen molar-refractivity contribution in [2.45, 2.75) is 20.0 Å². The molecule has 1 atom stereocenters. The Hall–Kier alpha value is -2.47. The fourth-order valence-corrected chi connectivity index (χ4v) is 2.62. The Morgan fingerprint density at radius 3 is 2.90 bits per heavy atom. The van der Waals surface area contributed by atoms with Crippen LogP contribution in [0.2, 0.25) is 0 Å². The maximum absolute atomic E-state index is 8.99. The molecule has 0 radical (unpaired) electrons. The number of fused-ring (bicyclic) bond motifs is 1. The van der Waals surface area contributed by atoms with Crippen LogP contribution in [0.15, 0.2) is 36.4 Å². The minimum atomic E-state index is -0.0581. The topological polar surface area (TPSA) is 45.0 Å².